The van der Waals surface area contributed by atoms with Crippen LogP contribution in [0.5, 0.6) is 5.75 Å². The summed E-state index contributed by atoms with van der Waals surface area (Å²) in [6, 6.07) is 12.4. The van der Waals surface area contributed by atoms with Gasteiger partial charge < -0.3 is 4.74 Å². The van der Waals surface area contributed by atoms with E-state index in [1.54, 1.807) is 31.4 Å². The zero-order chi connectivity index (χ0) is 16.3. The van der Waals surface area contributed by atoms with Crippen molar-refractivity contribution in [3.63, 3.8) is 0 Å². The number of rotatable bonds is 4. The van der Waals surface area contributed by atoms with Crippen LogP contribution in [0.25, 0.3) is 0 Å². The summed E-state index contributed by atoms with van der Waals surface area (Å²) in [4.78, 5) is 5.64. The Balaban J connectivity index is 1.70. The lowest BCUT2D eigenvalue weighted by molar-refractivity contribution is -0.364. The second kappa shape index (κ2) is 6.55. The molecule has 1 saturated heterocycles. The smallest absolute Gasteiger partial charge is 0.274 e. The normalized spacial score (nSPS) is 16.3. The number of anilines is 1. The van der Waals surface area contributed by atoms with Crippen molar-refractivity contribution in [3.05, 3.63) is 48.7 Å². The van der Waals surface area contributed by atoms with Gasteiger partial charge in [-0.15, -0.1) is 0 Å². The third kappa shape index (κ3) is 3.30. The van der Waals surface area contributed by atoms with Gasteiger partial charge in [0.2, 0.25) is 10.0 Å². The van der Waals surface area contributed by atoms with Gasteiger partial charge in [0.15, 0.2) is 0 Å². The monoisotopic (exact) mass is 334 g/mol. The van der Waals surface area contributed by atoms with E-state index in [4.69, 9.17) is 4.74 Å². The van der Waals surface area contributed by atoms with Gasteiger partial charge in [-0.2, -0.15) is 4.31 Å². The molecule has 6 nitrogen and oxygen atoms in total. The van der Waals surface area contributed by atoms with E-state index in [2.05, 4.69) is 9.88 Å². The molecule has 0 aliphatic carbocycles. The van der Waals surface area contributed by atoms with Crippen LogP contribution < -0.4 is 14.6 Å². The van der Waals surface area contributed by atoms with Crippen LogP contribution in [0.15, 0.2) is 53.6 Å². The first-order valence-electron chi connectivity index (χ1n) is 7.47. The molecule has 0 amide bonds. The summed E-state index contributed by atoms with van der Waals surface area (Å²) in [6.45, 7) is 2.26. The number of piperazine rings is 1. The van der Waals surface area contributed by atoms with Gasteiger partial charge in [-0.25, -0.2) is 13.4 Å². The van der Waals surface area contributed by atoms with Crippen molar-refractivity contribution in [2.45, 2.75) is 4.90 Å². The van der Waals surface area contributed by atoms with Gasteiger partial charge in [-0.1, -0.05) is 6.07 Å². The van der Waals surface area contributed by atoms with Gasteiger partial charge in [0.1, 0.15) is 5.75 Å². The van der Waals surface area contributed by atoms with Crippen LogP contribution in [0.1, 0.15) is 0 Å². The molecule has 0 spiro atoms. The van der Waals surface area contributed by atoms with Crippen LogP contribution in [-0.2, 0) is 10.0 Å². The summed E-state index contributed by atoms with van der Waals surface area (Å²) in [6.07, 6.45) is 1.87. The molecule has 0 atom stereocenters. The number of pyridine rings is 1. The van der Waals surface area contributed by atoms with Crippen LogP contribution >= 0.6 is 0 Å². The molecule has 1 fully saturated rings. The van der Waals surface area contributed by atoms with E-state index in [1.165, 1.54) is 4.31 Å². The van der Waals surface area contributed by atoms with E-state index in [-0.39, 0.29) is 0 Å². The molecule has 0 unspecified atom stereocenters. The lowest BCUT2D eigenvalue weighted by atomic mass is 10.3. The van der Waals surface area contributed by atoms with Crippen molar-refractivity contribution < 1.29 is 18.1 Å². The molecule has 1 aliphatic rings. The largest absolute Gasteiger partial charge is 0.497 e. The first-order chi connectivity index (χ1) is 11.1. The molecular formula is C16H20N3O3S+. The fraction of sp³-hybridized carbons (Fsp3) is 0.312. The first-order valence-corrected chi connectivity index (χ1v) is 8.91. The van der Waals surface area contributed by atoms with E-state index in [0.717, 1.165) is 5.82 Å². The average molecular weight is 334 g/mol. The third-order valence-electron chi connectivity index (χ3n) is 3.97. The molecule has 122 valence electrons. The molecule has 1 aromatic heterocycles. The summed E-state index contributed by atoms with van der Waals surface area (Å²) < 4.78 is 32.0. The molecule has 0 saturated carbocycles. The molecule has 2 heterocycles. The fourth-order valence-electron chi connectivity index (χ4n) is 2.65. The Hall–Kier alpha value is -2.12. The molecule has 2 aromatic rings. The van der Waals surface area contributed by atoms with E-state index >= 15 is 0 Å². The Morgan fingerprint density at radius 3 is 2.26 bits per heavy atom. The molecule has 1 aliphatic heterocycles. The molecule has 1 N–H and O–H groups in total. The van der Waals surface area contributed by atoms with Crippen molar-refractivity contribution in [1.29, 1.82) is 0 Å². The Morgan fingerprint density at radius 1 is 1.00 bits per heavy atom. The van der Waals surface area contributed by atoms with E-state index < -0.39 is 10.0 Å². The minimum Gasteiger partial charge on any atom is -0.497 e. The number of hydrogen-bond acceptors (Lipinski definition) is 4. The van der Waals surface area contributed by atoms with Gasteiger partial charge >= 0.3 is 0 Å². The van der Waals surface area contributed by atoms with E-state index in [9.17, 15) is 8.42 Å². The van der Waals surface area contributed by atoms with Gasteiger partial charge in [-0.3, -0.25) is 4.90 Å². The minimum atomic E-state index is -3.45. The van der Waals surface area contributed by atoms with Crippen molar-refractivity contribution in [3.8, 4) is 5.75 Å². The number of aromatic amines is 1. The number of nitrogens with zero attached hydrogens (tertiary/aromatic N) is 2. The summed E-state index contributed by atoms with van der Waals surface area (Å²) in [5, 5.41) is 0. The van der Waals surface area contributed by atoms with Gasteiger partial charge in [-0.05, 0) is 30.3 Å². The average Bonchev–Trinajstić information content (AvgIpc) is 2.62. The first kappa shape index (κ1) is 15.8. The van der Waals surface area contributed by atoms with E-state index in [1.807, 2.05) is 24.4 Å². The van der Waals surface area contributed by atoms with Crippen molar-refractivity contribution in [2.24, 2.45) is 0 Å². The highest BCUT2D eigenvalue weighted by atomic mass is 32.2. The fourth-order valence-corrected chi connectivity index (χ4v) is 4.07. The van der Waals surface area contributed by atoms with Crippen molar-refractivity contribution in [1.82, 2.24) is 4.31 Å². The highest BCUT2D eigenvalue weighted by molar-refractivity contribution is 7.89. The number of sulfonamides is 1. The quantitative estimate of drug-likeness (QED) is 0.837. The van der Waals surface area contributed by atoms with Crippen LogP contribution in [0.2, 0.25) is 0 Å². The number of methoxy groups -OCH3 is 1. The predicted octanol–water partition coefficient (Wildman–Crippen LogP) is 1.02. The number of benzene rings is 1. The minimum absolute atomic E-state index is 0.304. The number of hydrogen-bond donors (Lipinski definition) is 0. The molecule has 1 aromatic carbocycles. The third-order valence-corrected chi connectivity index (χ3v) is 5.88. The maximum Gasteiger partial charge on any atom is 0.274 e. The van der Waals surface area contributed by atoms with Crippen LogP contribution in [-0.4, -0.2) is 46.0 Å². The molecule has 3 rings (SSSR count). The standard InChI is InChI=1S/C16H19N3O3S/c1-22-14-5-7-15(8-6-14)23(20,21)19-12-10-18(11-13-19)16-4-2-3-9-17-16/h2-9H,10-13H2,1H3/p+1. The van der Waals surface area contributed by atoms with Gasteiger partial charge in [0, 0.05) is 6.07 Å². The summed E-state index contributed by atoms with van der Waals surface area (Å²) in [5.41, 5.74) is 0. The zero-order valence-corrected chi connectivity index (χ0v) is 13.8. The van der Waals surface area contributed by atoms with Crippen LogP contribution in [0.3, 0.4) is 0 Å². The van der Waals surface area contributed by atoms with Gasteiger partial charge in [0.05, 0.1) is 44.4 Å². The number of H-pyrrole nitrogens is 1. The predicted molar refractivity (Wildman–Crippen MR) is 87.0 cm³/mol. The highest BCUT2D eigenvalue weighted by Gasteiger charge is 2.31. The topological polar surface area (TPSA) is 64.0 Å². The molecule has 0 bridgehead atoms. The Kier molecular flexibility index (Phi) is 4.49. The molecule has 0 radical (unpaired) electrons. The Bertz CT molecular complexity index is 740. The highest BCUT2D eigenvalue weighted by Crippen LogP contribution is 2.21. The lowest BCUT2D eigenvalue weighted by Gasteiger charge is -2.30. The second-order valence-corrected chi connectivity index (χ2v) is 7.25. The Labute approximate surface area is 136 Å². The Morgan fingerprint density at radius 2 is 1.70 bits per heavy atom. The van der Waals surface area contributed by atoms with Crippen LogP contribution in [0, 0.1) is 0 Å². The number of nitrogens with one attached hydrogen (secondary N) is 1. The number of aromatic nitrogens is 1. The maximum absolute atomic E-state index is 12.7. The van der Waals surface area contributed by atoms with Crippen molar-refractivity contribution in [2.75, 3.05) is 38.2 Å². The molecule has 23 heavy (non-hydrogen) atoms. The van der Waals surface area contributed by atoms with Crippen molar-refractivity contribution >= 4 is 15.8 Å². The molecule has 7 heteroatoms. The van der Waals surface area contributed by atoms with E-state index in [0.29, 0.717) is 36.8 Å². The summed E-state index contributed by atoms with van der Waals surface area (Å²) >= 11 is 0. The van der Waals surface area contributed by atoms with Gasteiger partial charge in [0.25, 0.3) is 5.82 Å². The SMILES string of the molecule is COc1ccc(S(=O)(=O)N2CCN(c3cccc[nH+]3)CC2)cc1. The van der Waals surface area contributed by atoms with Crippen LogP contribution in [0.4, 0.5) is 5.82 Å². The summed E-state index contributed by atoms with van der Waals surface area (Å²) in [7, 11) is -1.89. The zero-order valence-electron chi connectivity index (χ0n) is 13.0. The molecular weight excluding hydrogens is 314 g/mol. The maximum atomic E-state index is 12.7. The summed E-state index contributed by atoms with van der Waals surface area (Å²) in [5.74, 6) is 1.65. The number of ether oxygens (including phenoxy) is 1. The lowest BCUT2D eigenvalue weighted by Crippen LogP contribution is -2.49. The second-order valence-electron chi connectivity index (χ2n) is 5.31.